The van der Waals surface area contributed by atoms with E-state index in [2.05, 4.69) is 15.6 Å². The number of carbonyl (C=O) groups excluding carboxylic acids is 2. The Morgan fingerprint density at radius 1 is 1.25 bits per heavy atom. The maximum atomic E-state index is 12.8. The molecule has 0 spiro atoms. The van der Waals surface area contributed by atoms with E-state index >= 15 is 0 Å². The fourth-order valence-electron chi connectivity index (χ4n) is 2.65. The maximum absolute atomic E-state index is 12.8. The van der Waals surface area contributed by atoms with Crippen molar-refractivity contribution >= 4 is 40.0 Å². The van der Waals surface area contributed by atoms with Crippen molar-refractivity contribution < 1.29 is 9.59 Å². The molecule has 2 heterocycles. The quantitative estimate of drug-likeness (QED) is 0.590. The van der Waals surface area contributed by atoms with Gasteiger partial charge in [-0.15, -0.1) is 11.3 Å². The summed E-state index contributed by atoms with van der Waals surface area (Å²) in [6.45, 7) is 0. The number of rotatable bonds is 8. The third-order valence-electron chi connectivity index (χ3n) is 4.13. The zero-order valence-electron chi connectivity index (χ0n) is 15.7. The molecular weight excluding hydrogens is 392 g/mol. The number of carbonyl (C=O) groups is 2. The van der Waals surface area contributed by atoms with Crippen LogP contribution in [0.1, 0.15) is 16.8 Å². The lowest BCUT2D eigenvalue weighted by atomic mass is 10.2. The Labute approximate surface area is 172 Å². The number of aryl methyl sites for hydroxylation is 1. The number of thioether (sulfide) groups is 1. The number of aromatic nitrogens is 2. The van der Waals surface area contributed by atoms with Gasteiger partial charge in [-0.1, -0.05) is 30.3 Å². The molecule has 1 unspecified atom stereocenters. The molecule has 1 atom stereocenters. The Balaban J connectivity index is 1.67. The molecule has 0 aliphatic carbocycles. The van der Waals surface area contributed by atoms with Crippen LogP contribution < -0.4 is 10.6 Å². The van der Waals surface area contributed by atoms with Gasteiger partial charge in [-0.3, -0.25) is 9.59 Å². The van der Waals surface area contributed by atoms with E-state index in [1.54, 1.807) is 34.8 Å². The summed E-state index contributed by atoms with van der Waals surface area (Å²) in [6.07, 6.45) is 6.04. The first-order chi connectivity index (χ1) is 13.6. The molecule has 8 heteroatoms. The molecular formula is C20H22N4O2S2. The number of amides is 2. The molecule has 0 saturated carbocycles. The Kier molecular flexibility index (Phi) is 6.89. The number of thiazole rings is 1. The fraction of sp³-hybridized carbons (Fsp3) is 0.250. The largest absolute Gasteiger partial charge is 0.356 e. The number of hydrogen-bond acceptors (Lipinski definition) is 5. The van der Waals surface area contributed by atoms with Crippen LogP contribution >= 0.6 is 23.1 Å². The van der Waals surface area contributed by atoms with Crippen LogP contribution in [0.2, 0.25) is 0 Å². The van der Waals surface area contributed by atoms with Crippen molar-refractivity contribution in [3.8, 4) is 11.3 Å². The Hall–Kier alpha value is -2.58. The first-order valence-corrected chi connectivity index (χ1v) is 11.1. The zero-order valence-corrected chi connectivity index (χ0v) is 17.3. The number of benzene rings is 1. The van der Waals surface area contributed by atoms with Gasteiger partial charge in [0.25, 0.3) is 5.91 Å². The topological polar surface area (TPSA) is 76.0 Å². The van der Waals surface area contributed by atoms with E-state index in [9.17, 15) is 9.59 Å². The minimum absolute atomic E-state index is 0.257. The molecule has 3 aromatic rings. The Morgan fingerprint density at radius 2 is 2.04 bits per heavy atom. The molecule has 146 valence electrons. The van der Waals surface area contributed by atoms with Crippen LogP contribution in [0.15, 0.2) is 54.2 Å². The van der Waals surface area contributed by atoms with E-state index in [-0.39, 0.29) is 11.8 Å². The molecule has 0 aliphatic heterocycles. The van der Waals surface area contributed by atoms with E-state index in [1.807, 2.05) is 49.0 Å². The third-order valence-corrected chi connectivity index (χ3v) is 5.53. The van der Waals surface area contributed by atoms with Crippen molar-refractivity contribution in [2.45, 2.75) is 12.5 Å². The number of anilines is 1. The van der Waals surface area contributed by atoms with Crippen LogP contribution in [-0.4, -0.2) is 39.4 Å². The van der Waals surface area contributed by atoms with Crippen molar-refractivity contribution in [3.05, 3.63) is 59.7 Å². The molecule has 0 bridgehead atoms. The summed E-state index contributed by atoms with van der Waals surface area (Å²) in [6, 6.07) is 10.9. The van der Waals surface area contributed by atoms with Crippen molar-refractivity contribution in [1.29, 1.82) is 0 Å². The van der Waals surface area contributed by atoms with Gasteiger partial charge in [0.2, 0.25) is 5.91 Å². The molecule has 28 heavy (non-hydrogen) atoms. The minimum Gasteiger partial charge on any atom is -0.356 e. The Morgan fingerprint density at radius 3 is 2.71 bits per heavy atom. The van der Waals surface area contributed by atoms with Gasteiger partial charge in [-0.2, -0.15) is 11.8 Å². The van der Waals surface area contributed by atoms with E-state index in [1.165, 1.54) is 11.3 Å². The molecule has 0 aliphatic rings. The van der Waals surface area contributed by atoms with Gasteiger partial charge in [-0.25, -0.2) is 4.98 Å². The molecule has 2 N–H and O–H groups in total. The van der Waals surface area contributed by atoms with Gasteiger partial charge < -0.3 is 15.2 Å². The van der Waals surface area contributed by atoms with Crippen molar-refractivity contribution in [3.63, 3.8) is 0 Å². The predicted molar refractivity (Wildman–Crippen MR) is 116 cm³/mol. The highest BCUT2D eigenvalue weighted by Crippen LogP contribution is 2.24. The normalized spacial score (nSPS) is 11.8. The van der Waals surface area contributed by atoms with E-state index < -0.39 is 6.04 Å². The highest BCUT2D eigenvalue weighted by molar-refractivity contribution is 7.98. The van der Waals surface area contributed by atoms with Crippen LogP contribution in [0.3, 0.4) is 0 Å². The van der Waals surface area contributed by atoms with Crippen molar-refractivity contribution in [1.82, 2.24) is 14.9 Å². The lowest BCUT2D eigenvalue weighted by molar-refractivity contribution is -0.118. The van der Waals surface area contributed by atoms with Gasteiger partial charge in [0.15, 0.2) is 5.13 Å². The fourth-order valence-corrected chi connectivity index (χ4v) is 3.84. The highest BCUT2D eigenvalue weighted by atomic mass is 32.2. The molecule has 0 saturated heterocycles. The average molecular weight is 415 g/mol. The lowest BCUT2D eigenvalue weighted by Gasteiger charge is -2.17. The first kappa shape index (κ1) is 20.2. The smallest absolute Gasteiger partial charge is 0.253 e. The van der Waals surface area contributed by atoms with Crippen LogP contribution in [0.4, 0.5) is 5.13 Å². The molecule has 3 rings (SSSR count). The summed E-state index contributed by atoms with van der Waals surface area (Å²) in [5, 5.41) is 8.11. The summed E-state index contributed by atoms with van der Waals surface area (Å²) in [5.41, 5.74) is 2.34. The van der Waals surface area contributed by atoms with E-state index in [0.29, 0.717) is 17.1 Å². The summed E-state index contributed by atoms with van der Waals surface area (Å²) in [5.74, 6) is 0.249. The molecule has 2 amide bonds. The SMILES string of the molecule is CSCCC(NC(=O)c1ccn(C)c1)C(=O)Nc1nc(-c2ccccc2)cs1. The van der Waals surface area contributed by atoms with Gasteiger partial charge in [0.1, 0.15) is 6.04 Å². The van der Waals surface area contributed by atoms with Gasteiger partial charge in [0.05, 0.1) is 11.3 Å². The van der Waals surface area contributed by atoms with Crippen molar-refractivity contribution in [2.75, 3.05) is 17.3 Å². The molecule has 2 aromatic heterocycles. The minimum atomic E-state index is -0.621. The standard InChI is InChI=1S/C20H22N4O2S2/c1-24-10-8-15(12-24)18(25)21-16(9-11-27-2)19(26)23-20-22-17(13-28-20)14-6-4-3-5-7-14/h3-8,10,12-13,16H,9,11H2,1-2H3,(H,21,25)(H,22,23,26). The van der Waals surface area contributed by atoms with Gasteiger partial charge in [-0.05, 0) is 24.5 Å². The summed E-state index contributed by atoms with van der Waals surface area (Å²) in [4.78, 5) is 29.7. The third kappa shape index (κ3) is 5.24. The number of hydrogen-bond donors (Lipinski definition) is 2. The second-order valence-electron chi connectivity index (χ2n) is 6.27. The van der Waals surface area contributed by atoms with Crippen LogP contribution in [0, 0.1) is 0 Å². The molecule has 1 aromatic carbocycles. The lowest BCUT2D eigenvalue weighted by Crippen LogP contribution is -2.44. The summed E-state index contributed by atoms with van der Waals surface area (Å²) in [7, 11) is 1.85. The van der Waals surface area contributed by atoms with Crippen molar-refractivity contribution in [2.24, 2.45) is 7.05 Å². The molecule has 6 nitrogen and oxygen atoms in total. The highest BCUT2D eigenvalue weighted by Gasteiger charge is 2.22. The summed E-state index contributed by atoms with van der Waals surface area (Å²) >= 11 is 3.00. The average Bonchev–Trinajstić information content (AvgIpc) is 3.34. The van der Waals surface area contributed by atoms with Crippen LogP contribution in [0.5, 0.6) is 0 Å². The number of nitrogens with zero attached hydrogens (tertiary/aromatic N) is 2. The van der Waals surface area contributed by atoms with E-state index in [0.717, 1.165) is 17.0 Å². The first-order valence-electron chi connectivity index (χ1n) is 8.80. The van der Waals surface area contributed by atoms with E-state index in [4.69, 9.17) is 0 Å². The second-order valence-corrected chi connectivity index (χ2v) is 8.11. The monoisotopic (exact) mass is 414 g/mol. The second kappa shape index (κ2) is 9.57. The van der Waals surface area contributed by atoms with Gasteiger partial charge >= 0.3 is 0 Å². The Bertz CT molecular complexity index is 937. The number of nitrogens with one attached hydrogen (secondary N) is 2. The zero-order chi connectivity index (χ0) is 19.9. The predicted octanol–water partition coefficient (Wildman–Crippen LogP) is 3.64. The maximum Gasteiger partial charge on any atom is 0.253 e. The summed E-state index contributed by atoms with van der Waals surface area (Å²) < 4.78 is 1.80. The molecule has 0 radical (unpaired) electrons. The van der Waals surface area contributed by atoms with Crippen LogP contribution in [-0.2, 0) is 11.8 Å². The van der Waals surface area contributed by atoms with Gasteiger partial charge in [0, 0.05) is 30.4 Å². The molecule has 0 fully saturated rings. The van der Waals surface area contributed by atoms with Crippen LogP contribution in [0.25, 0.3) is 11.3 Å².